The summed E-state index contributed by atoms with van der Waals surface area (Å²) >= 11 is 0. The largest absolute Gasteiger partial charge is 0.491 e. The summed E-state index contributed by atoms with van der Waals surface area (Å²) in [7, 11) is 3.99. The third kappa shape index (κ3) is 4.51. The summed E-state index contributed by atoms with van der Waals surface area (Å²) in [5, 5.41) is 0. The Balaban J connectivity index is 0.00000243. The molecule has 1 atom stereocenters. The van der Waals surface area contributed by atoms with E-state index in [9.17, 15) is 4.79 Å². The number of ether oxygens (including phenoxy) is 1. The minimum atomic E-state index is -0.114. The Morgan fingerprint density at radius 2 is 2.04 bits per heavy atom. The molecule has 26 heavy (non-hydrogen) atoms. The Labute approximate surface area is 160 Å². The van der Waals surface area contributed by atoms with Gasteiger partial charge in [-0.15, -0.1) is 12.4 Å². The topological polar surface area (TPSA) is 58.6 Å². The molecule has 3 rings (SSSR count). The van der Waals surface area contributed by atoms with E-state index in [1.165, 1.54) is 0 Å². The number of benzene rings is 1. The molecule has 2 aromatic rings. The van der Waals surface area contributed by atoms with Crippen molar-refractivity contribution in [3.8, 4) is 5.75 Å². The van der Waals surface area contributed by atoms with Crippen molar-refractivity contribution in [1.29, 1.82) is 0 Å². The predicted molar refractivity (Wildman–Crippen MR) is 103 cm³/mol. The second-order valence-electron chi connectivity index (χ2n) is 6.81. The number of aromatic nitrogens is 2. The summed E-state index contributed by atoms with van der Waals surface area (Å²) in [6.45, 7) is 5.58. The summed E-state index contributed by atoms with van der Waals surface area (Å²) in [6.07, 6.45) is 3.17. The molecule has 0 bridgehead atoms. The average molecular weight is 377 g/mol. The Morgan fingerprint density at radius 3 is 2.69 bits per heavy atom. The summed E-state index contributed by atoms with van der Waals surface area (Å²) in [5.41, 5.74) is 3.33. The molecule has 0 saturated heterocycles. The molecule has 1 unspecified atom stereocenters. The zero-order valence-electron chi connectivity index (χ0n) is 15.6. The highest BCUT2D eigenvalue weighted by molar-refractivity contribution is 5.92. The van der Waals surface area contributed by atoms with Crippen LogP contribution in [-0.2, 0) is 6.54 Å². The van der Waals surface area contributed by atoms with Crippen molar-refractivity contribution in [1.82, 2.24) is 19.8 Å². The fourth-order valence-corrected chi connectivity index (χ4v) is 3.02. The van der Waals surface area contributed by atoms with Crippen LogP contribution in [-0.4, -0.2) is 59.0 Å². The van der Waals surface area contributed by atoms with Gasteiger partial charge >= 0.3 is 0 Å². The Hall–Kier alpha value is -2.18. The number of amides is 1. The van der Waals surface area contributed by atoms with Gasteiger partial charge in [-0.2, -0.15) is 0 Å². The summed E-state index contributed by atoms with van der Waals surface area (Å²) in [4.78, 5) is 25.5. The van der Waals surface area contributed by atoms with Crippen LogP contribution in [0, 0.1) is 13.8 Å². The van der Waals surface area contributed by atoms with Gasteiger partial charge < -0.3 is 14.5 Å². The van der Waals surface area contributed by atoms with Crippen molar-refractivity contribution in [2.24, 2.45) is 0 Å². The molecule has 1 aromatic carbocycles. The van der Waals surface area contributed by atoms with E-state index < -0.39 is 0 Å². The van der Waals surface area contributed by atoms with E-state index in [-0.39, 0.29) is 24.4 Å². The molecule has 1 aliphatic rings. The summed E-state index contributed by atoms with van der Waals surface area (Å²) in [5.74, 6) is 0.733. The van der Waals surface area contributed by atoms with Crippen LogP contribution in [0.5, 0.6) is 5.75 Å². The van der Waals surface area contributed by atoms with Gasteiger partial charge in [0.2, 0.25) is 0 Å². The molecule has 1 amide bonds. The molecule has 1 aromatic heterocycles. The highest BCUT2D eigenvalue weighted by atomic mass is 35.5. The Kier molecular flexibility index (Phi) is 6.56. The van der Waals surface area contributed by atoms with Crippen molar-refractivity contribution < 1.29 is 9.53 Å². The molecule has 2 heterocycles. The van der Waals surface area contributed by atoms with Gasteiger partial charge in [0.1, 0.15) is 18.1 Å². The van der Waals surface area contributed by atoms with Crippen LogP contribution in [0.1, 0.15) is 27.3 Å². The van der Waals surface area contributed by atoms with Crippen molar-refractivity contribution >= 4 is 18.3 Å². The number of halogens is 1. The first-order valence-corrected chi connectivity index (χ1v) is 8.40. The minimum Gasteiger partial charge on any atom is -0.491 e. The highest BCUT2D eigenvalue weighted by Gasteiger charge is 2.30. The number of hydrogen-bond donors (Lipinski definition) is 0. The lowest BCUT2D eigenvalue weighted by Crippen LogP contribution is -2.47. The number of nitrogens with zero attached hydrogens (tertiary/aromatic N) is 4. The first kappa shape index (κ1) is 20.1. The van der Waals surface area contributed by atoms with E-state index in [2.05, 4.69) is 20.9 Å². The molecular weight excluding hydrogens is 352 g/mol. The molecular formula is C19H25ClN4O2. The zero-order valence-corrected chi connectivity index (χ0v) is 16.4. The molecule has 0 spiro atoms. The van der Waals surface area contributed by atoms with Crippen LogP contribution in [0.2, 0.25) is 0 Å². The fraction of sp³-hybridized carbons (Fsp3) is 0.421. The lowest BCUT2D eigenvalue weighted by molar-refractivity contribution is 0.0577. The number of carbonyl (C=O) groups excluding carboxylic acids is 1. The molecule has 140 valence electrons. The van der Waals surface area contributed by atoms with E-state index in [1.807, 2.05) is 45.0 Å². The van der Waals surface area contributed by atoms with Crippen molar-refractivity contribution in [3.05, 3.63) is 53.1 Å². The maximum Gasteiger partial charge on any atom is 0.274 e. The van der Waals surface area contributed by atoms with Crippen LogP contribution in [0.4, 0.5) is 0 Å². The number of carbonyl (C=O) groups is 1. The number of fused-ring (bicyclic) bond motifs is 1. The molecule has 0 saturated carbocycles. The third-order valence-electron chi connectivity index (χ3n) is 4.27. The zero-order chi connectivity index (χ0) is 18.0. The maximum atomic E-state index is 13.1. The number of rotatable bonds is 3. The van der Waals surface area contributed by atoms with Crippen LogP contribution in [0.25, 0.3) is 0 Å². The maximum absolute atomic E-state index is 13.1. The van der Waals surface area contributed by atoms with Gasteiger partial charge in [-0.3, -0.25) is 9.78 Å². The molecule has 0 aliphatic carbocycles. The van der Waals surface area contributed by atoms with Crippen LogP contribution < -0.4 is 4.74 Å². The smallest absolute Gasteiger partial charge is 0.274 e. The first-order valence-electron chi connectivity index (χ1n) is 8.40. The summed E-state index contributed by atoms with van der Waals surface area (Å²) < 4.78 is 6.00. The van der Waals surface area contributed by atoms with Crippen molar-refractivity contribution in [2.75, 3.05) is 27.2 Å². The molecule has 7 heteroatoms. The SMILES string of the molecule is Cc1ccc2c(c1)CN(C(=O)c1cnc(C)cn1)C(CN(C)C)CO2.Cl. The standard InChI is InChI=1S/C19H24N4O2.ClH/c1-13-5-6-18-15(7-13)10-23(16(12-25-18)11-22(3)4)19(24)17-9-20-14(2)8-21-17;/h5-9,16H,10-12H2,1-4H3;1H. The fourth-order valence-electron chi connectivity index (χ4n) is 3.02. The molecule has 6 nitrogen and oxygen atoms in total. The van der Waals surface area contributed by atoms with E-state index >= 15 is 0 Å². The number of hydrogen-bond acceptors (Lipinski definition) is 5. The van der Waals surface area contributed by atoms with E-state index in [1.54, 1.807) is 12.4 Å². The lowest BCUT2D eigenvalue weighted by Gasteiger charge is -2.31. The van der Waals surface area contributed by atoms with Gasteiger partial charge in [-0.1, -0.05) is 17.7 Å². The first-order chi connectivity index (χ1) is 11.9. The van der Waals surface area contributed by atoms with Crippen molar-refractivity contribution in [2.45, 2.75) is 26.4 Å². The van der Waals surface area contributed by atoms with Gasteiger partial charge in [0.05, 0.1) is 24.5 Å². The van der Waals surface area contributed by atoms with Crippen LogP contribution in [0.15, 0.2) is 30.6 Å². The molecule has 0 fully saturated rings. The highest BCUT2D eigenvalue weighted by Crippen LogP contribution is 2.27. The monoisotopic (exact) mass is 376 g/mol. The minimum absolute atomic E-state index is 0. The normalized spacial score (nSPS) is 16.3. The van der Waals surface area contributed by atoms with E-state index in [4.69, 9.17) is 4.74 Å². The average Bonchev–Trinajstić information content (AvgIpc) is 2.74. The Bertz CT molecular complexity index is 765. The van der Waals surface area contributed by atoms with Crippen LogP contribution >= 0.6 is 12.4 Å². The number of aryl methyl sites for hydroxylation is 2. The third-order valence-corrected chi connectivity index (χ3v) is 4.27. The van der Waals surface area contributed by atoms with Gasteiger partial charge in [-0.25, -0.2) is 4.98 Å². The molecule has 1 aliphatic heterocycles. The van der Waals surface area contributed by atoms with Gasteiger partial charge in [0.15, 0.2) is 0 Å². The molecule has 0 N–H and O–H groups in total. The van der Waals surface area contributed by atoms with Gasteiger partial charge in [0, 0.05) is 18.3 Å². The summed E-state index contributed by atoms with van der Waals surface area (Å²) in [6, 6.07) is 6.03. The Morgan fingerprint density at radius 1 is 1.27 bits per heavy atom. The predicted octanol–water partition coefficient (Wildman–Crippen LogP) is 2.48. The van der Waals surface area contributed by atoms with Gasteiger partial charge in [-0.05, 0) is 34.0 Å². The molecule has 0 radical (unpaired) electrons. The second kappa shape index (κ2) is 8.47. The van der Waals surface area contributed by atoms with E-state index in [0.717, 1.165) is 29.1 Å². The van der Waals surface area contributed by atoms with Crippen LogP contribution in [0.3, 0.4) is 0 Å². The second-order valence-corrected chi connectivity index (χ2v) is 6.81. The van der Waals surface area contributed by atoms with Gasteiger partial charge in [0.25, 0.3) is 5.91 Å². The number of likely N-dealkylation sites (N-methyl/N-ethyl adjacent to an activating group) is 1. The lowest BCUT2D eigenvalue weighted by atomic mass is 10.1. The van der Waals surface area contributed by atoms with Crippen molar-refractivity contribution in [3.63, 3.8) is 0 Å². The van der Waals surface area contributed by atoms with E-state index in [0.29, 0.717) is 18.8 Å². The quantitative estimate of drug-likeness (QED) is 0.823.